The lowest BCUT2D eigenvalue weighted by Crippen LogP contribution is -3.85. The van der Waals surface area contributed by atoms with E-state index in [4.69, 9.17) is 2.51 Å². The molecule has 5 rings (SSSR count). The molecular formula is C29H25IN2O4S2+. The number of benzene rings is 4. The van der Waals surface area contributed by atoms with E-state index in [0.717, 1.165) is 34.0 Å². The minimum absolute atomic E-state index is 0.125. The van der Waals surface area contributed by atoms with Crippen LogP contribution >= 0.6 is 11.3 Å². The predicted octanol–water partition coefficient (Wildman–Crippen LogP) is 3.46. The first-order chi connectivity index (χ1) is 18.2. The fraction of sp³-hybridized carbons (Fsp3) is 0.103. The maximum absolute atomic E-state index is 13.2. The van der Waals surface area contributed by atoms with Crippen molar-refractivity contribution in [2.24, 2.45) is 0 Å². The molecule has 0 unspecified atom stereocenters. The molecule has 1 heterocycles. The van der Waals surface area contributed by atoms with E-state index in [2.05, 4.69) is 10.3 Å². The van der Waals surface area contributed by atoms with Crippen molar-refractivity contribution < 1.29 is 36.0 Å². The van der Waals surface area contributed by atoms with Crippen LogP contribution in [0.15, 0.2) is 95.9 Å². The van der Waals surface area contributed by atoms with Gasteiger partial charge in [0.05, 0.1) is 15.1 Å². The van der Waals surface area contributed by atoms with Crippen molar-refractivity contribution in [3.05, 3.63) is 120 Å². The summed E-state index contributed by atoms with van der Waals surface area (Å²) in [5.41, 5.74) is 4.40. The number of nitrogens with zero attached hydrogens (tertiary/aromatic N) is 1. The minimum atomic E-state index is -3.99. The molecule has 9 heteroatoms. The van der Waals surface area contributed by atoms with Crippen LogP contribution in [0, 0.1) is 27.9 Å². The molecule has 1 radical (unpaired) electrons. The van der Waals surface area contributed by atoms with Crippen LogP contribution in [-0.2, 0) is 12.6 Å². The number of anilines is 1. The second-order valence-electron chi connectivity index (χ2n) is 8.83. The van der Waals surface area contributed by atoms with Crippen LogP contribution in [0.1, 0.15) is 27.0 Å². The summed E-state index contributed by atoms with van der Waals surface area (Å²) in [5, 5.41) is 3.40. The highest BCUT2D eigenvalue weighted by molar-refractivity contribution is 7.86. The normalized spacial score (nSPS) is 11.7. The van der Waals surface area contributed by atoms with Crippen LogP contribution < -0.4 is 25.6 Å². The molecule has 0 aliphatic carbocycles. The van der Waals surface area contributed by atoms with Crippen LogP contribution in [0.2, 0.25) is 0 Å². The first-order valence-corrected chi connectivity index (χ1v) is 17.0. The molecule has 5 aromatic rings. The molecule has 0 spiro atoms. The van der Waals surface area contributed by atoms with Gasteiger partial charge in [-0.1, -0.05) is 47.2 Å². The smallest absolute Gasteiger partial charge is 0.298 e. The molecule has 193 valence electrons. The average Bonchev–Trinajstić information content (AvgIpc) is 3.29. The number of hydrogen-bond acceptors (Lipinski definition) is 6. The van der Waals surface area contributed by atoms with Crippen LogP contribution in [-0.4, -0.2) is 19.3 Å². The maximum atomic E-state index is 13.2. The van der Waals surface area contributed by atoms with E-state index >= 15 is 0 Å². The Kier molecular flexibility index (Phi) is 7.62. The van der Waals surface area contributed by atoms with E-state index in [1.165, 1.54) is 11.3 Å². The molecule has 1 amide bonds. The second kappa shape index (κ2) is 10.9. The lowest BCUT2D eigenvalue weighted by Gasteiger charge is -2.08. The molecule has 0 fully saturated rings. The average molecular weight is 657 g/mol. The van der Waals surface area contributed by atoms with Crippen molar-refractivity contribution in [2.75, 3.05) is 5.32 Å². The number of aromatic nitrogens is 1. The van der Waals surface area contributed by atoms with Gasteiger partial charge in [-0.25, -0.2) is 4.98 Å². The standard InChI is InChI=1S/C29H25IN2O4S2/c1-19-7-14-25(15-8-19)38(34,35)36-30(24-6-4-5-20(2)17-24)23-12-10-22(11-13-23)28(33)32-29-31-26-16-9-21(3)18-27(26)37-29/h4-18H,1-3H3,(H,31,32,33)/q+1. The third-order valence-corrected chi connectivity index (χ3v) is 13.9. The van der Waals surface area contributed by atoms with Crippen molar-refractivity contribution in [1.29, 1.82) is 0 Å². The summed E-state index contributed by atoms with van der Waals surface area (Å²) in [7, 11) is -3.99. The van der Waals surface area contributed by atoms with Crippen molar-refractivity contribution in [3.63, 3.8) is 0 Å². The molecule has 4 aromatic carbocycles. The summed E-state index contributed by atoms with van der Waals surface area (Å²) < 4.78 is 35.0. The lowest BCUT2D eigenvalue weighted by atomic mass is 10.2. The molecule has 38 heavy (non-hydrogen) atoms. The van der Waals surface area contributed by atoms with E-state index < -0.39 is 30.4 Å². The number of rotatable bonds is 7. The number of nitrogens with one attached hydrogen (secondary N) is 1. The van der Waals surface area contributed by atoms with Gasteiger partial charge in [0.2, 0.25) is 0 Å². The maximum Gasteiger partial charge on any atom is 0.336 e. The third-order valence-electron chi connectivity index (χ3n) is 5.70. The SMILES string of the molecule is Cc1ccc(S(=O)(=O)O[I+](c2ccc(C(=O)Nc3nc4ccc(C)cc4s3)cc2)c2cccc(C)c2)cc1. The molecule has 0 aliphatic heterocycles. The summed E-state index contributed by atoms with van der Waals surface area (Å²) in [6.07, 6.45) is 0. The molecule has 1 N–H and O–H groups in total. The van der Waals surface area contributed by atoms with Gasteiger partial charge in [-0.15, -0.1) is 0 Å². The van der Waals surface area contributed by atoms with E-state index in [0.29, 0.717) is 10.7 Å². The van der Waals surface area contributed by atoms with Crippen LogP contribution in [0.5, 0.6) is 0 Å². The third kappa shape index (κ3) is 5.96. The number of halogens is 1. The number of hydrogen-bond donors (Lipinski definition) is 1. The van der Waals surface area contributed by atoms with Crippen molar-refractivity contribution in [2.45, 2.75) is 25.7 Å². The van der Waals surface area contributed by atoms with Crippen LogP contribution in [0.4, 0.5) is 5.13 Å². The summed E-state index contributed by atoms with van der Waals surface area (Å²) >= 11 is -1.46. The molecule has 1 aromatic heterocycles. The topological polar surface area (TPSA) is 85.4 Å². The monoisotopic (exact) mass is 656 g/mol. The number of aryl methyl sites for hydroxylation is 3. The zero-order valence-corrected chi connectivity index (χ0v) is 24.7. The second-order valence-corrected chi connectivity index (χ2v) is 16.4. The lowest BCUT2D eigenvalue weighted by molar-refractivity contribution is -1.03. The van der Waals surface area contributed by atoms with Gasteiger partial charge in [-0.3, -0.25) is 10.1 Å². The van der Waals surface area contributed by atoms with Gasteiger partial charge in [0.25, 0.3) is 5.91 Å². The van der Waals surface area contributed by atoms with E-state index in [1.807, 2.05) is 63.2 Å². The Morgan fingerprint density at radius 1 is 0.816 bits per heavy atom. The van der Waals surface area contributed by atoms with Gasteiger partial charge in [0, 0.05) is 5.56 Å². The summed E-state index contributed by atoms with van der Waals surface area (Å²) in [5.74, 6) is -0.281. The number of carbonyl (C=O) groups excluding carboxylic acids is 1. The fourth-order valence-corrected chi connectivity index (χ4v) is 11.8. The van der Waals surface area contributed by atoms with Gasteiger partial charge < -0.3 is 0 Å². The van der Waals surface area contributed by atoms with E-state index in [9.17, 15) is 13.2 Å². The van der Waals surface area contributed by atoms with Gasteiger partial charge in [-0.05, 0) is 95.1 Å². The van der Waals surface area contributed by atoms with Gasteiger partial charge >= 0.3 is 30.4 Å². The summed E-state index contributed by atoms with van der Waals surface area (Å²) in [6.45, 7) is 5.88. The van der Waals surface area contributed by atoms with Gasteiger partial charge in [0.1, 0.15) is 0 Å². The number of thiazole rings is 1. The molecule has 0 saturated carbocycles. The van der Waals surface area contributed by atoms with Gasteiger partial charge in [0.15, 0.2) is 12.3 Å². The zero-order valence-electron chi connectivity index (χ0n) is 20.9. The molecule has 0 bridgehead atoms. The van der Waals surface area contributed by atoms with Crippen LogP contribution in [0.3, 0.4) is 0 Å². The minimum Gasteiger partial charge on any atom is -0.298 e. The number of fused-ring (bicyclic) bond motifs is 1. The summed E-state index contributed by atoms with van der Waals surface area (Å²) in [6, 6.07) is 27.3. The highest BCUT2D eigenvalue weighted by atomic mass is 127. The number of amides is 1. The van der Waals surface area contributed by atoms with Crippen molar-refractivity contribution >= 4 is 42.7 Å². The predicted molar refractivity (Wildman–Crippen MR) is 147 cm³/mol. The Balaban J connectivity index is 1.41. The highest BCUT2D eigenvalue weighted by Crippen LogP contribution is 2.27. The van der Waals surface area contributed by atoms with Crippen molar-refractivity contribution in [3.8, 4) is 0 Å². The Morgan fingerprint density at radius 3 is 2.21 bits per heavy atom. The first-order valence-electron chi connectivity index (χ1n) is 11.7. The van der Waals surface area contributed by atoms with E-state index in [1.54, 1.807) is 48.5 Å². The summed E-state index contributed by atoms with van der Waals surface area (Å²) in [4.78, 5) is 17.6. The largest absolute Gasteiger partial charge is 0.336 e. The fourth-order valence-electron chi connectivity index (χ4n) is 3.71. The first kappa shape index (κ1) is 26.5. The molecule has 0 saturated heterocycles. The Hall–Kier alpha value is -3.12. The van der Waals surface area contributed by atoms with Crippen molar-refractivity contribution in [1.82, 2.24) is 4.98 Å². The van der Waals surface area contributed by atoms with Gasteiger partial charge in [-0.2, -0.15) is 8.42 Å². The Morgan fingerprint density at radius 2 is 1.50 bits per heavy atom. The quantitative estimate of drug-likeness (QED) is 0.272. The Labute approximate surface area is 233 Å². The van der Waals surface area contributed by atoms with E-state index in [-0.39, 0.29) is 10.8 Å². The molecule has 6 nitrogen and oxygen atoms in total. The Bertz CT molecular complexity index is 1730. The molecule has 0 atom stereocenters. The van der Waals surface area contributed by atoms with Crippen LogP contribution in [0.25, 0.3) is 10.2 Å². The molecule has 0 aliphatic rings. The molecular weight excluding hydrogens is 631 g/mol. The zero-order chi connectivity index (χ0) is 26.9. The number of carbonyl (C=O) groups is 1. The highest BCUT2D eigenvalue weighted by Gasteiger charge is 2.38.